The van der Waals surface area contributed by atoms with Gasteiger partial charge >= 0.3 is 0 Å². The highest BCUT2D eigenvalue weighted by atomic mass is 79.9. The summed E-state index contributed by atoms with van der Waals surface area (Å²) in [5.41, 5.74) is 1.15. The van der Waals surface area contributed by atoms with E-state index in [1.165, 1.54) is 32.1 Å². The van der Waals surface area contributed by atoms with Crippen molar-refractivity contribution >= 4 is 33.2 Å². The highest BCUT2D eigenvalue weighted by Gasteiger charge is 2.19. The molecule has 1 N–H and O–H groups in total. The number of anilines is 1. The zero-order valence-electron chi connectivity index (χ0n) is 10.2. The number of rotatable bonds is 3. The summed E-state index contributed by atoms with van der Waals surface area (Å²) in [5, 5.41) is 4.36. The second-order valence-corrected chi connectivity index (χ2v) is 6.22. The van der Waals surface area contributed by atoms with E-state index < -0.39 is 0 Å². The first-order valence-electron chi connectivity index (χ1n) is 6.38. The Morgan fingerprint density at radius 3 is 2.65 bits per heavy atom. The first-order chi connectivity index (χ1) is 8.16. The van der Waals surface area contributed by atoms with Gasteiger partial charge in [-0.1, -0.05) is 30.9 Å². The normalized spacial score (nSPS) is 19.0. The Hall–Kier alpha value is -0.210. The van der Waals surface area contributed by atoms with Crippen LogP contribution in [0.4, 0.5) is 5.69 Å². The van der Waals surface area contributed by atoms with Gasteiger partial charge in [-0.05, 0) is 59.8 Å². The van der Waals surface area contributed by atoms with Gasteiger partial charge < -0.3 is 5.32 Å². The molecule has 94 valence electrons. The van der Waals surface area contributed by atoms with Crippen LogP contribution in [0.15, 0.2) is 22.7 Å². The molecule has 1 unspecified atom stereocenters. The molecule has 2 rings (SSSR count). The first kappa shape index (κ1) is 13.2. The Kier molecular flexibility index (Phi) is 4.75. The summed E-state index contributed by atoms with van der Waals surface area (Å²) in [6.45, 7) is 2.29. The fourth-order valence-corrected chi connectivity index (χ4v) is 3.10. The van der Waals surface area contributed by atoms with Crippen LogP contribution < -0.4 is 5.32 Å². The molecule has 0 heterocycles. The zero-order chi connectivity index (χ0) is 12.3. The molecule has 0 bridgehead atoms. The summed E-state index contributed by atoms with van der Waals surface area (Å²) in [5.74, 6) is 0.818. The van der Waals surface area contributed by atoms with Gasteiger partial charge in [-0.3, -0.25) is 0 Å². The van der Waals surface area contributed by atoms with Crippen LogP contribution in [0.3, 0.4) is 0 Å². The number of halogens is 2. The zero-order valence-corrected chi connectivity index (χ0v) is 12.5. The average molecular weight is 317 g/mol. The number of nitrogens with one attached hydrogen (secondary N) is 1. The van der Waals surface area contributed by atoms with E-state index in [0.29, 0.717) is 6.04 Å². The molecule has 0 aromatic heterocycles. The number of hydrogen-bond acceptors (Lipinski definition) is 1. The maximum absolute atomic E-state index is 5.99. The molecule has 1 nitrogen and oxygen atoms in total. The Labute approximate surface area is 117 Å². The lowest BCUT2D eigenvalue weighted by Crippen LogP contribution is -2.27. The van der Waals surface area contributed by atoms with Crippen molar-refractivity contribution in [2.75, 3.05) is 5.32 Å². The van der Waals surface area contributed by atoms with Crippen molar-refractivity contribution in [1.29, 1.82) is 0 Å². The van der Waals surface area contributed by atoms with E-state index in [2.05, 4.69) is 34.2 Å². The number of hydrogen-bond donors (Lipinski definition) is 1. The van der Waals surface area contributed by atoms with Gasteiger partial charge in [0.25, 0.3) is 0 Å². The summed E-state index contributed by atoms with van der Waals surface area (Å²) in [6, 6.07) is 6.58. The van der Waals surface area contributed by atoms with Crippen LogP contribution in [0.2, 0.25) is 5.02 Å². The van der Waals surface area contributed by atoms with Gasteiger partial charge in [0, 0.05) is 16.2 Å². The van der Waals surface area contributed by atoms with Crippen LogP contribution in [0.5, 0.6) is 0 Å². The molecular formula is C14H19BrClN. The molecule has 0 aliphatic heterocycles. The second kappa shape index (κ2) is 6.10. The van der Waals surface area contributed by atoms with Crippen LogP contribution in [-0.4, -0.2) is 6.04 Å². The monoisotopic (exact) mass is 315 g/mol. The third-order valence-electron chi connectivity index (χ3n) is 3.67. The molecule has 1 fully saturated rings. The van der Waals surface area contributed by atoms with E-state index in [1.54, 1.807) is 0 Å². The molecule has 0 saturated heterocycles. The summed E-state index contributed by atoms with van der Waals surface area (Å²) < 4.78 is 0.958. The largest absolute Gasteiger partial charge is 0.382 e. The molecule has 0 radical (unpaired) electrons. The Balaban J connectivity index is 1.96. The van der Waals surface area contributed by atoms with Crippen LogP contribution >= 0.6 is 27.5 Å². The van der Waals surface area contributed by atoms with Gasteiger partial charge in [0.2, 0.25) is 0 Å². The minimum Gasteiger partial charge on any atom is -0.382 e. The lowest BCUT2D eigenvalue weighted by molar-refractivity contribution is 0.328. The molecule has 0 amide bonds. The molecule has 17 heavy (non-hydrogen) atoms. The molecule has 3 heteroatoms. The maximum atomic E-state index is 5.99. The second-order valence-electron chi connectivity index (χ2n) is 4.96. The Morgan fingerprint density at radius 1 is 1.29 bits per heavy atom. The van der Waals surface area contributed by atoms with Crippen molar-refractivity contribution in [2.24, 2.45) is 5.92 Å². The Bertz CT molecular complexity index is 374. The van der Waals surface area contributed by atoms with Crippen molar-refractivity contribution in [1.82, 2.24) is 0 Å². The molecule has 1 aromatic carbocycles. The van der Waals surface area contributed by atoms with E-state index in [1.807, 2.05) is 12.1 Å². The van der Waals surface area contributed by atoms with Crippen molar-refractivity contribution in [3.05, 3.63) is 27.7 Å². The lowest BCUT2D eigenvalue weighted by atomic mass is 9.84. The molecule has 1 aliphatic carbocycles. The van der Waals surface area contributed by atoms with Crippen LogP contribution in [0.1, 0.15) is 39.0 Å². The quantitative estimate of drug-likeness (QED) is 0.778. The van der Waals surface area contributed by atoms with Gasteiger partial charge in [-0.25, -0.2) is 0 Å². The van der Waals surface area contributed by atoms with Crippen molar-refractivity contribution < 1.29 is 0 Å². The van der Waals surface area contributed by atoms with E-state index in [9.17, 15) is 0 Å². The third-order valence-corrected chi connectivity index (χ3v) is 4.88. The summed E-state index contributed by atoms with van der Waals surface area (Å²) in [7, 11) is 0. The van der Waals surface area contributed by atoms with Crippen LogP contribution in [-0.2, 0) is 0 Å². The number of benzene rings is 1. The van der Waals surface area contributed by atoms with E-state index in [-0.39, 0.29) is 0 Å². The summed E-state index contributed by atoms with van der Waals surface area (Å²) in [6.07, 6.45) is 6.92. The third kappa shape index (κ3) is 3.62. The molecular weight excluding hydrogens is 298 g/mol. The summed E-state index contributed by atoms with van der Waals surface area (Å²) >= 11 is 9.45. The standard InChI is InChI=1S/C14H19BrClN/c1-10(11-5-3-2-4-6-11)17-12-7-8-14(16)13(15)9-12/h7-11,17H,2-6H2,1H3. The molecule has 0 spiro atoms. The lowest BCUT2D eigenvalue weighted by Gasteiger charge is -2.29. The van der Waals surface area contributed by atoms with E-state index in [4.69, 9.17) is 11.6 Å². The molecule has 1 aromatic rings. The highest BCUT2D eigenvalue weighted by molar-refractivity contribution is 9.10. The van der Waals surface area contributed by atoms with Crippen LogP contribution in [0, 0.1) is 5.92 Å². The first-order valence-corrected chi connectivity index (χ1v) is 7.55. The fraction of sp³-hybridized carbons (Fsp3) is 0.571. The maximum Gasteiger partial charge on any atom is 0.0549 e. The van der Waals surface area contributed by atoms with Gasteiger partial charge in [0.15, 0.2) is 0 Å². The smallest absolute Gasteiger partial charge is 0.0549 e. The van der Waals surface area contributed by atoms with Crippen molar-refractivity contribution in [3.63, 3.8) is 0 Å². The minimum absolute atomic E-state index is 0.545. The van der Waals surface area contributed by atoms with Gasteiger partial charge in [-0.2, -0.15) is 0 Å². The molecule has 1 atom stereocenters. The minimum atomic E-state index is 0.545. The Morgan fingerprint density at radius 2 is 2.00 bits per heavy atom. The topological polar surface area (TPSA) is 12.0 Å². The average Bonchev–Trinajstić information content (AvgIpc) is 2.35. The SMILES string of the molecule is CC(Nc1ccc(Cl)c(Br)c1)C1CCCCC1. The van der Waals surface area contributed by atoms with Crippen LogP contribution in [0.25, 0.3) is 0 Å². The predicted octanol–water partition coefficient (Wildman–Crippen LogP) is 5.48. The summed E-state index contributed by atoms with van der Waals surface area (Å²) in [4.78, 5) is 0. The van der Waals surface area contributed by atoms with Crippen molar-refractivity contribution in [2.45, 2.75) is 45.1 Å². The van der Waals surface area contributed by atoms with Crippen molar-refractivity contribution in [3.8, 4) is 0 Å². The predicted molar refractivity (Wildman–Crippen MR) is 78.8 cm³/mol. The van der Waals surface area contributed by atoms with Gasteiger partial charge in [-0.15, -0.1) is 0 Å². The molecule has 1 aliphatic rings. The molecule has 1 saturated carbocycles. The highest BCUT2D eigenvalue weighted by Crippen LogP contribution is 2.30. The van der Waals surface area contributed by atoms with E-state index in [0.717, 1.165) is 21.1 Å². The van der Waals surface area contributed by atoms with Gasteiger partial charge in [0.05, 0.1) is 5.02 Å². The fourth-order valence-electron chi connectivity index (χ4n) is 2.60. The van der Waals surface area contributed by atoms with Gasteiger partial charge in [0.1, 0.15) is 0 Å². The van der Waals surface area contributed by atoms with E-state index >= 15 is 0 Å².